The molecule has 1 saturated heterocycles. The Morgan fingerprint density at radius 2 is 2.06 bits per heavy atom. The lowest BCUT2D eigenvalue weighted by Crippen LogP contribution is -2.38. The van der Waals surface area contributed by atoms with Gasteiger partial charge in [0, 0.05) is 44.1 Å². The molecule has 2 heterocycles. The third-order valence-corrected chi connectivity index (χ3v) is 4.00. The topological polar surface area (TPSA) is 39.1 Å². The van der Waals surface area contributed by atoms with Gasteiger partial charge < -0.3 is 10.1 Å². The summed E-state index contributed by atoms with van der Waals surface area (Å²) in [5.74, 6) is 0.734. The van der Waals surface area contributed by atoms with Gasteiger partial charge in [-0.1, -0.05) is 0 Å². The summed E-state index contributed by atoms with van der Waals surface area (Å²) in [6.45, 7) is 8.42. The Labute approximate surface area is 110 Å². The van der Waals surface area contributed by atoms with E-state index in [1.165, 1.54) is 18.4 Å². The lowest BCUT2D eigenvalue weighted by Gasteiger charge is -2.30. The van der Waals surface area contributed by atoms with Gasteiger partial charge in [0.15, 0.2) is 0 Å². The van der Waals surface area contributed by atoms with Crippen LogP contribution in [0.2, 0.25) is 0 Å². The largest absolute Gasteiger partial charge is 0.381 e. The maximum Gasteiger partial charge on any atom is 0.0641 e. The molecule has 0 aliphatic carbocycles. The SMILES string of the molecule is Cc1nn(C)cc1C(C)NC(C)C1CCOCC1. The summed E-state index contributed by atoms with van der Waals surface area (Å²) in [6, 6.07) is 0.889. The molecule has 1 aromatic rings. The molecule has 0 amide bonds. The van der Waals surface area contributed by atoms with Crippen LogP contribution < -0.4 is 5.32 Å². The molecule has 4 heteroatoms. The third kappa shape index (κ3) is 3.12. The first-order valence-electron chi connectivity index (χ1n) is 6.92. The zero-order valence-corrected chi connectivity index (χ0v) is 11.9. The highest BCUT2D eigenvalue weighted by Crippen LogP contribution is 2.22. The highest BCUT2D eigenvalue weighted by Gasteiger charge is 2.22. The van der Waals surface area contributed by atoms with E-state index in [4.69, 9.17) is 4.74 Å². The molecule has 0 bridgehead atoms. The molecule has 2 rings (SSSR count). The van der Waals surface area contributed by atoms with E-state index in [9.17, 15) is 0 Å². The molecular weight excluding hydrogens is 226 g/mol. The predicted octanol–water partition coefficient (Wildman–Crippen LogP) is 2.19. The van der Waals surface area contributed by atoms with Crippen molar-refractivity contribution in [2.24, 2.45) is 13.0 Å². The van der Waals surface area contributed by atoms with Crippen LogP contribution in [0.15, 0.2) is 6.20 Å². The minimum Gasteiger partial charge on any atom is -0.381 e. The van der Waals surface area contributed by atoms with Crippen molar-refractivity contribution in [3.05, 3.63) is 17.5 Å². The van der Waals surface area contributed by atoms with Crippen LogP contribution in [0.1, 0.15) is 44.0 Å². The number of hydrogen-bond donors (Lipinski definition) is 1. The minimum atomic E-state index is 0.358. The van der Waals surface area contributed by atoms with Gasteiger partial charge in [-0.15, -0.1) is 0 Å². The molecule has 18 heavy (non-hydrogen) atoms. The molecule has 2 unspecified atom stereocenters. The predicted molar refractivity (Wildman–Crippen MR) is 72.5 cm³/mol. The Morgan fingerprint density at radius 3 is 2.61 bits per heavy atom. The molecule has 1 fully saturated rings. The van der Waals surface area contributed by atoms with Crippen molar-refractivity contribution in [1.82, 2.24) is 15.1 Å². The van der Waals surface area contributed by atoms with E-state index in [1.807, 2.05) is 11.7 Å². The van der Waals surface area contributed by atoms with Crippen molar-refractivity contribution in [1.29, 1.82) is 0 Å². The summed E-state index contributed by atoms with van der Waals surface area (Å²) < 4.78 is 7.31. The Hall–Kier alpha value is -0.870. The van der Waals surface area contributed by atoms with Gasteiger partial charge in [-0.25, -0.2) is 0 Å². The van der Waals surface area contributed by atoms with E-state index in [2.05, 4.69) is 37.4 Å². The van der Waals surface area contributed by atoms with Crippen molar-refractivity contribution in [2.75, 3.05) is 13.2 Å². The van der Waals surface area contributed by atoms with Gasteiger partial charge in [0.1, 0.15) is 0 Å². The number of nitrogens with zero attached hydrogens (tertiary/aromatic N) is 2. The minimum absolute atomic E-state index is 0.358. The summed E-state index contributed by atoms with van der Waals surface area (Å²) in [7, 11) is 1.98. The molecule has 1 aliphatic rings. The van der Waals surface area contributed by atoms with E-state index < -0.39 is 0 Å². The summed E-state index contributed by atoms with van der Waals surface area (Å²) >= 11 is 0. The van der Waals surface area contributed by atoms with E-state index in [-0.39, 0.29) is 0 Å². The number of nitrogens with one attached hydrogen (secondary N) is 1. The maximum absolute atomic E-state index is 5.42. The van der Waals surface area contributed by atoms with Crippen molar-refractivity contribution >= 4 is 0 Å². The molecule has 0 spiro atoms. The van der Waals surface area contributed by atoms with E-state index in [0.29, 0.717) is 12.1 Å². The Balaban J connectivity index is 1.93. The van der Waals surface area contributed by atoms with Gasteiger partial charge in [0.2, 0.25) is 0 Å². The number of hydrogen-bond acceptors (Lipinski definition) is 3. The maximum atomic E-state index is 5.42. The quantitative estimate of drug-likeness (QED) is 0.891. The number of aromatic nitrogens is 2. The van der Waals surface area contributed by atoms with Crippen LogP contribution in [0.5, 0.6) is 0 Å². The summed E-state index contributed by atoms with van der Waals surface area (Å²) in [6.07, 6.45) is 4.46. The van der Waals surface area contributed by atoms with Crippen LogP contribution in [0.25, 0.3) is 0 Å². The molecule has 0 aromatic carbocycles. The number of ether oxygens (including phenoxy) is 1. The molecule has 1 aromatic heterocycles. The first-order valence-corrected chi connectivity index (χ1v) is 6.92. The third-order valence-electron chi connectivity index (χ3n) is 4.00. The highest BCUT2D eigenvalue weighted by molar-refractivity contribution is 5.19. The van der Waals surface area contributed by atoms with Crippen LogP contribution in [0.4, 0.5) is 0 Å². The summed E-state index contributed by atoms with van der Waals surface area (Å²) in [4.78, 5) is 0. The van der Waals surface area contributed by atoms with Crippen LogP contribution in [0, 0.1) is 12.8 Å². The van der Waals surface area contributed by atoms with Crippen LogP contribution in [-0.4, -0.2) is 29.0 Å². The van der Waals surface area contributed by atoms with Gasteiger partial charge in [-0.3, -0.25) is 4.68 Å². The Bertz CT molecular complexity index is 382. The van der Waals surface area contributed by atoms with E-state index in [1.54, 1.807) is 0 Å². The number of aryl methyl sites for hydroxylation is 2. The lowest BCUT2D eigenvalue weighted by molar-refractivity contribution is 0.0547. The second-order valence-corrected chi connectivity index (χ2v) is 5.47. The molecule has 2 atom stereocenters. The van der Waals surface area contributed by atoms with Crippen molar-refractivity contribution in [3.63, 3.8) is 0 Å². The highest BCUT2D eigenvalue weighted by atomic mass is 16.5. The molecular formula is C14H25N3O. The number of rotatable bonds is 4. The zero-order valence-electron chi connectivity index (χ0n) is 11.9. The zero-order chi connectivity index (χ0) is 13.1. The molecule has 0 radical (unpaired) electrons. The fraction of sp³-hybridized carbons (Fsp3) is 0.786. The van der Waals surface area contributed by atoms with Gasteiger partial charge in [-0.2, -0.15) is 5.10 Å². The van der Waals surface area contributed by atoms with Crippen molar-refractivity contribution < 1.29 is 4.74 Å². The standard InChI is InChI=1S/C14H25N3O/c1-10(13-5-7-18-8-6-13)15-11(2)14-9-17(4)16-12(14)3/h9-11,13,15H,5-8H2,1-4H3. The van der Waals surface area contributed by atoms with Gasteiger partial charge in [0.05, 0.1) is 5.69 Å². The first kappa shape index (κ1) is 13.6. The molecule has 1 N–H and O–H groups in total. The normalized spacial score (nSPS) is 20.9. The van der Waals surface area contributed by atoms with E-state index >= 15 is 0 Å². The first-order chi connectivity index (χ1) is 8.58. The fourth-order valence-corrected chi connectivity index (χ4v) is 2.88. The van der Waals surface area contributed by atoms with Gasteiger partial charge in [0.25, 0.3) is 0 Å². The molecule has 102 valence electrons. The fourth-order valence-electron chi connectivity index (χ4n) is 2.88. The summed E-state index contributed by atoms with van der Waals surface area (Å²) in [5, 5.41) is 8.12. The van der Waals surface area contributed by atoms with E-state index in [0.717, 1.165) is 24.8 Å². The average molecular weight is 251 g/mol. The molecule has 4 nitrogen and oxygen atoms in total. The average Bonchev–Trinajstić information content (AvgIpc) is 2.69. The summed E-state index contributed by atoms with van der Waals surface area (Å²) in [5.41, 5.74) is 2.42. The van der Waals surface area contributed by atoms with Gasteiger partial charge >= 0.3 is 0 Å². The van der Waals surface area contributed by atoms with Crippen LogP contribution in [-0.2, 0) is 11.8 Å². The lowest BCUT2D eigenvalue weighted by atomic mass is 9.92. The smallest absolute Gasteiger partial charge is 0.0641 e. The van der Waals surface area contributed by atoms with Crippen molar-refractivity contribution in [3.8, 4) is 0 Å². The second kappa shape index (κ2) is 5.85. The Morgan fingerprint density at radius 1 is 1.39 bits per heavy atom. The molecule has 1 aliphatic heterocycles. The van der Waals surface area contributed by atoms with Crippen LogP contribution in [0.3, 0.4) is 0 Å². The molecule has 0 saturated carbocycles. The monoisotopic (exact) mass is 251 g/mol. The van der Waals surface area contributed by atoms with Gasteiger partial charge in [-0.05, 0) is 39.5 Å². The second-order valence-electron chi connectivity index (χ2n) is 5.47. The van der Waals surface area contributed by atoms with Crippen molar-refractivity contribution in [2.45, 2.75) is 45.7 Å². The van der Waals surface area contributed by atoms with Crippen LogP contribution >= 0.6 is 0 Å². The Kier molecular flexibility index (Phi) is 4.40.